The molecule has 0 spiro atoms. The van der Waals surface area contributed by atoms with E-state index in [9.17, 15) is 0 Å². The van der Waals surface area contributed by atoms with Crippen molar-refractivity contribution in [3.8, 4) is 0 Å². The summed E-state index contributed by atoms with van der Waals surface area (Å²) in [4.78, 5) is 4.40. The van der Waals surface area contributed by atoms with Gasteiger partial charge >= 0.3 is 0 Å². The summed E-state index contributed by atoms with van der Waals surface area (Å²) in [6.45, 7) is 5.98. The van der Waals surface area contributed by atoms with Crippen molar-refractivity contribution in [2.24, 2.45) is 0 Å². The Balaban J connectivity index is 1.66. The van der Waals surface area contributed by atoms with Gasteiger partial charge in [-0.2, -0.15) is 0 Å². The van der Waals surface area contributed by atoms with E-state index in [0.717, 1.165) is 6.04 Å². The van der Waals surface area contributed by atoms with Gasteiger partial charge < -0.3 is 5.32 Å². The molecular weight excluding hydrogens is 252 g/mol. The van der Waals surface area contributed by atoms with E-state index in [1.165, 1.54) is 58.2 Å². The van der Waals surface area contributed by atoms with E-state index in [0.29, 0.717) is 6.04 Å². The van der Waals surface area contributed by atoms with Gasteiger partial charge in [-0.3, -0.25) is 4.90 Å². The molecule has 1 aliphatic heterocycles. The van der Waals surface area contributed by atoms with Gasteiger partial charge in [0.1, 0.15) is 0 Å². The Morgan fingerprint density at radius 2 is 2.32 bits per heavy atom. The molecule has 0 amide bonds. The highest BCUT2D eigenvalue weighted by atomic mass is 32.1. The summed E-state index contributed by atoms with van der Waals surface area (Å²) >= 11 is 1.97. The molecule has 3 rings (SSSR count). The van der Waals surface area contributed by atoms with Crippen LogP contribution in [0.4, 0.5) is 0 Å². The van der Waals surface area contributed by atoms with Crippen LogP contribution in [-0.4, -0.2) is 30.6 Å². The number of fused-ring (bicyclic) bond motifs is 1. The van der Waals surface area contributed by atoms with Crippen molar-refractivity contribution in [3.05, 3.63) is 21.9 Å². The van der Waals surface area contributed by atoms with Crippen molar-refractivity contribution in [3.63, 3.8) is 0 Å². The number of hydrogen-bond donors (Lipinski definition) is 1. The van der Waals surface area contributed by atoms with Gasteiger partial charge in [0.2, 0.25) is 0 Å². The molecule has 0 aromatic carbocycles. The fourth-order valence-electron chi connectivity index (χ4n) is 3.65. The second-order valence-electron chi connectivity index (χ2n) is 6.00. The lowest BCUT2D eigenvalue weighted by molar-refractivity contribution is 0.125. The Bertz CT molecular complexity index is 401. The average molecular weight is 278 g/mol. The van der Waals surface area contributed by atoms with Gasteiger partial charge in [-0.15, -0.1) is 11.3 Å². The van der Waals surface area contributed by atoms with Crippen LogP contribution in [0.25, 0.3) is 0 Å². The smallest absolute Gasteiger partial charge is 0.0359 e. The van der Waals surface area contributed by atoms with E-state index in [1.807, 2.05) is 11.3 Å². The topological polar surface area (TPSA) is 15.3 Å². The van der Waals surface area contributed by atoms with Crippen LogP contribution in [0.15, 0.2) is 11.4 Å². The zero-order chi connectivity index (χ0) is 13.1. The predicted molar refractivity (Wildman–Crippen MR) is 82.9 cm³/mol. The number of aryl methyl sites for hydroxylation is 1. The zero-order valence-electron chi connectivity index (χ0n) is 12.0. The van der Waals surface area contributed by atoms with E-state index >= 15 is 0 Å². The summed E-state index contributed by atoms with van der Waals surface area (Å²) in [6.07, 6.45) is 8.02. The maximum atomic E-state index is 3.72. The van der Waals surface area contributed by atoms with Crippen LogP contribution in [0.3, 0.4) is 0 Å². The van der Waals surface area contributed by atoms with Gasteiger partial charge in [0, 0.05) is 23.5 Å². The monoisotopic (exact) mass is 278 g/mol. The highest BCUT2D eigenvalue weighted by molar-refractivity contribution is 7.10. The van der Waals surface area contributed by atoms with Crippen LogP contribution in [-0.2, 0) is 6.42 Å². The minimum absolute atomic E-state index is 0.709. The first-order chi connectivity index (χ1) is 9.38. The van der Waals surface area contributed by atoms with E-state index in [1.54, 1.807) is 10.4 Å². The van der Waals surface area contributed by atoms with Crippen LogP contribution >= 0.6 is 11.3 Å². The Kier molecular flexibility index (Phi) is 4.57. The zero-order valence-corrected chi connectivity index (χ0v) is 12.8. The standard InChI is InChI=1S/C16H26N2S/c1-2-9-17-13-5-4-10-18(12-13)15-6-3-7-16-14(15)8-11-19-16/h8,11,13,15,17H,2-7,9-10,12H2,1H3. The lowest BCUT2D eigenvalue weighted by Gasteiger charge is -2.40. The molecule has 3 heteroatoms. The first-order valence-corrected chi connectivity index (χ1v) is 8.80. The fraction of sp³-hybridized carbons (Fsp3) is 0.750. The van der Waals surface area contributed by atoms with Crippen molar-refractivity contribution in [2.75, 3.05) is 19.6 Å². The number of thiophene rings is 1. The maximum absolute atomic E-state index is 3.72. The van der Waals surface area contributed by atoms with Crippen LogP contribution < -0.4 is 5.32 Å². The average Bonchev–Trinajstić information content (AvgIpc) is 2.93. The lowest BCUT2D eigenvalue weighted by Crippen LogP contribution is -2.47. The van der Waals surface area contributed by atoms with Gasteiger partial charge in [0.25, 0.3) is 0 Å². The van der Waals surface area contributed by atoms with E-state index in [2.05, 4.69) is 28.6 Å². The second kappa shape index (κ2) is 6.38. The van der Waals surface area contributed by atoms with E-state index in [4.69, 9.17) is 0 Å². The van der Waals surface area contributed by atoms with Crippen LogP contribution in [0.1, 0.15) is 55.5 Å². The van der Waals surface area contributed by atoms with Crippen molar-refractivity contribution < 1.29 is 0 Å². The van der Waals surface area contributed by atoms with Crippen molar-refractivity contribution in [2.45, 2.75) is 57.5 Å². The molecule has 1 fully saturated rings. The highest BCUT2D eigenvalue weighted by Gasteiger charge is 2.30. The molecule has 2 atom stereocenters. The van der Waals surface area contributed by atoms with Gasteiger partial charge in [-0.25, -0.2) is 0 Å². The maximum Gasteiger partial charge on any atom is 0.0359 e. The Morgan fingerprint density at radius 3 is 3.21 bits per heavy atom. The molecule has 1 N–H and O–H groups in total. The number of nitrogens with zero attached hydrogens (tertiary/aromatic N) is 1. The Morgan fingerprint density at radius 1 is 1.37 bits per heavy atom. The minimum atomic E-state index is 0.709. The predicted octanol–water partition coefficient (Wildman–Crippen LogP) is 3.59. The molecule has 106 valence electrons. The van der Waals surface area contributed by atoms with Crippen LogP contribution in [0.2, 0.25) is 0 Å². The third-order valence-electron chi connectivity index (χ3n) is 4.60. The molecule has 1 saturated heterocycles. The van der Waals surface area contributed by atoms with Crippen LogP contribution in [0, 0.1) is 0 Å². The molecule has 1 aliphatic carbocycles. The number of hydrogen-bond acceptors (Lipinski definition) is 3. The second-order valence-corrected chi connectivity index (χ2v) is 7.00. The van der Waals surface area contributed by atoms with Crippen LogP contribution in [0.5, 0.6) is 0 Å². The Hall–Kier alpha value is -0.380. The molecule has 1 aromatic heterocycles. The number of rotatable bonds is 4. The third kappa shape index (κ3) is 3.04. The third-order valence-corrected chi connectivity index (χ3v) is 5.59. The summed E-state index contributed by atoms with van der Waals surface area (Å²) < 4.78 is 0. The molecule has 0 radical (unpaired) electrons. The van der Waals surface area contributed by atoms with Crippen molar-refractivity contribution >= 4 is 11.3 Å². The van der Waals surface area contributed by atoms with Gasteiger partial charge in [-0.1, -0.05) is 6.92 Å². The molecule has 2 aliphatic rings. The molecule has 2 unspecified atom stereocenters. The van der Waals surface area contributed by atoms with Crippen molar-refractivity contribution in [1.82, 2.24) is 10.2 Å². The molecule has 2 nitrogen and oxygen atoms in total. The summed E-state index contributed by atoms with van der Waals surface area (Å²) in [7, 11) is 0. The summed E-state index contributed by atoms with van der Waals surface area (Å²) in [5.74, 6) is 0. The minimum Gasteiger partial charge on any atom is -0.313 e. The van der Waals surface area contributed by atoms with Gasteiger partial charge in [-0.05, 0) is 68.6 Å². The molecule has 0 saturated carbocycles. The quantitative estimate of drug-likeness (QED) is 0.905. The summed E-state index contributed by atoms with van der Waals surface area (Å²) in [5.41, 5.74) is 1.65. The SMILES string of the molecule is CCCNC1CCCN(C2CCCc3sccc32)C1. The van der Waals surface area contributed by atoms with Gasteiger partial charge in [0.05, 0.1) is 0 Å². The van der Waals surface area contributed by atoms with E-state index < -0.39 is 0 Å². The largest absolute Gasteiger partial charge is 0.313 e. The first kappa shape index (κ1) is 13.6. The highest BCUT2D eigenvalue weighted by Crippen LogP contribution is 2.38. The Labute approximate surface area is 121 Å². The summed E-state index contributed by atoms with van der Waals surface area (Å²) in [5, 5.41) is 6.01. The molecule has 2 heterocycles. The van der Waals surface area contributed by atoms with Crippen molar-refractivity contribution in [1.29, 1.82) is 0 Å². The lowest BCUT2D eigenvalue weighted by atomic mass is 9.90. The van der Waals surface area contributed by atoms with E-state index in [-0.39, 0.29) is 0 Å². The fourth-order valence-corrected chi connectivity index (χ4v) is 4.63. The summed E-state index contributed by atoms with van der Waals surface area (Å²) in [6, 6.07) is 3.81. The number of likely N-dealkylation sites (tertiary alicyclic amines) is 1. The normalized spacial score (nSPS) is 28.3. The first-order valence-electron chi connectivity index (χ1n) is 7.92. The molecule has 19 heavy (non-hydrogen) atoms. The molecular formula is C16H26N2S. The number of piperidine rings is 1. The van der Waals surface area contributed by atoms with Gasteiger partial charge in [0.15, 0.2) is 0 Å². The molecule has 1 aromatic rings. The number of nitrogens with one attached hydrogen (secondary N) is 1. The molecule has 0 bridgehead atoms.